The van der Waals surface area contributed by atoms with E-state index in [1.165, 1.54) is 0 Å². The maximum Gasteiger partial charge on any atom is 0.337 e. The van der Waals surface area contributed by atoms with Gasteiger partial charge in [-0.15, -0.1) is 0 Å². The molecule has 4 N–H and O–H groups in total. The molecule has 6 heteroatoms. The van der Waals surface area contributed by atoms with Gasteiger partial charge in [0.15, 0.2) is 5.60 Å². The summed E-state index contributed by atoms with van der Waals surface area (Å²) in [5.74, 6) is -1.39. The lowest BCUT2D eigenvalue weighted by atomic mass is 10.1. The van der Waals surface area contributed by atoms with E-state index in [1.54, 1.807) is 12.1 Å². The van der Waals surface area contributed by atoms with Gasteiger partial charge in [0.25, 0.3) is 0 Å². The lowest BCUT2D eigenvalue weighted by Crippen LogP contribution is -2.47. The number of amides is 2. The van der Waals surface area contributed by atoms with E-state index in [4.69, 9.17) is 5.11 Å². The average Bonchev–Trinajstić information content (AvgIpc) is 2.37. The molecule has 1 unspecified atom stereocenters. The monoisotopic (exact) mass is 266 g/mol. The summed E-state index contributed by atoms with van der Waals surface area (Å²) in [7, 11) is 0. The summed E-state index contributed by atoms with van der Waals surface area (Å²) in [4.78, 5) is 22.3. The minimum atomic E-state index is -1.98. The summed E-state index contributed by atoms with van der Waals surface area (Å²) in [6, 6.07) is 6.76. The number of para-hydroxylation sites is 1. The van der Waals surface area contributed by atoms with Crippen molar-refractivity contribution in [1.29, 1.82) is 0 Å². The van der Waals surface area contributed by atoms with Gasteiger partial charge in [0.05, 0.1) is 6.54 Å². The van der Waals surface area contributed by atoms with Gasteiger partial charge < -0.3 is 20.8 Å². The van der Waals surface area contributed by atoms with Gasteiger partial charge in [-0.1, -0.05) is 25.1 Å². The van der Waals surface area contributed by atoms with Crippen LogP contribution < -0.4 is 10.6 Å². The number of aliphatic carboxylic acids is 1. The number of aliphatic hydroxyl groups is 1. The van der Waals surface area contributed by atoms with Crippen LogP contribution in [0.5, 0.6) is 0 Å². The van der Waals surface area contributed by atoms with Gasteiger partial charge in [0, 0.05) is 5.69 Å². The van der Waals surface area contributed by atoms with Crippen molar-refractivity contribution in [3.8, 4) is 0 Å². The topological polar surface area (TPSA) is 98.7 Å². The Morgan fingerprint density at radius 2 is 1.95 bits per heavy atom. The molecule has 0 aliphatic carbocycles. The first kappa shape index (κ1) is 15.0. The Bertz CT molecular complexity index is 471. The highest BCUT2D eigenvalue weighted by Gasteiger charge is 2.30. The van der Waals surface area contributed by atoms with Crippen molar-refractivity contribution in [1.82, 2.24) is 5.32 Å². The third-order valence-corrected chi connectivity index (χ3v) is 2.70. The number of benzene rings is 1. The molecule has 0 radical (unpaired) electrons. The van der Waals surface area contributed by atoms with Gasteiger partial charge in [-0.2, -0.15) is 0 Å². The Balaban J connectivity index is 2.59. The fraction of sp³-hybridized carbons (Fsp3) is 0.385. The fourth-order valence-electron chi connectivity index (χ4n) is 1.45. The summed E-state index contributed by atoms with van der Waals surface area (Å²) in [6.07, 6.45) is 0.767. The van der Waals surface area contributed by atoms with E-state index in [9.17, 15) is 14.7 Å². The van der Waals surface area contributed by atoms with Crippen LogP contribution in [0.2, 0.25) is 0 Å². The zero-order valence-electron chi connectivity index (χ0n) is 10.9. The highest BCUT2D eigenvalue weighted by Crippen LogP contribution is 2.15. The summed E-state index contributed by atoms with van der Waals surface area (Å²) in [5.41, 5.74) is -0.346. The number of aryl methyl sites for hydroxylation is 1. The van der Waals surface area contributed by atoms with Crippen LogP contribution in [0.15, 0.2) is 24.3 Å². The van der Waals surface area contributed by atoms with Gasteiger partial charge in [0.2, 0.25) is 0 Å². The van der Waals surface area contributed by atoms with Crippen molar-refractivity contribution < 1.29 is 19.8 Å². The Labute approximate surface area is 111 Å². The van der Waals surface area contributed by atoms with Crippen LogP contribution in [0.3, 0.4) is 0 Å². The molecule has 0 aromatic heterocycles. The van der Waals surface area contributed by atoms with E-state index in [1.807, 2.05) is 19.1 Å². The van der Waals surface area contributed by atoms with Crippen molar-refractivity contribution in [2.75, 3.05) is 11.9 Å². The molecule has 1 rings (SSSR count). The number of carboxylic acids is 1. The first-order valence-electron chi connectivity index (χ1n) is 5.95. The summed E-state index contributed by atoms with van der Waals surface area (Å²) >= 11 is 0. The Hall–Kier alpha value is -2.08. The Kier molecular flexibility index (Phi) is 4.88. The number of nitrogens with one attached hydrogen (secondary N) is 2. The van der Waals surface area contributed by atoms with Crippen LogP contribution in [0, 0.1) is 0 Å². The molecule has 0 bridgehead atoms. The van der Waals surface area contributed by atoms with Crippen molar-refractivity contribution in [2.24, 2.45) is 0 Å². The fourth-order valence-corrected chi connectivity index (χ4v) is 1.45. The molecule has 0 saturated carbocycles. The van der Waals surface area contributed by atoms with Crippen LogP contribution in [0.4, 0.5) is 10.5 Å². The van der Waals surface area contributed by atoms with Crippen LogP contribution in [0.25, 0.3) is 0 Å². The number of hydrogen-bond donors (Lipinski definition) is 4. The van der Waals surface area contributed by atoms with E-state index < -0.39 is 17.6 Å². The number of rotatable bonds is 5. The second-order valence-electron chi connectivity index (χ2n) is 4.40. The highest BCUT2D eigenvalue weighted by molar-refractivity contribution is 5.90. The van der Waals surface area contributed by atoms with E-state index >= 15 is 0 Å². The third-order valence-electron chi connectivity index (χ3n) is 2.70. The largest absolute Gasteiger partial charge is 0.479 e. The predicted octanol–water partition coefficient (Wildman–Crippen LogP) is 1.21. The Morgan fingerprint density at radius 1 is 1.32 bits per heavy atom. The van der Waals surface area contributed by atoms with Crippen molar-refractivity contribution in [2.45, 2.75) is 25.9 Å². The van der Waals surface area contributed by atoms with Gasteiger partial charge >= 0.3 is 12.0 Å². The van der Waals surface area contributed by atoms with Crippen LogP contribution in [0.1, 0.15) is 19.4 Å². The maximum absolute atomic E-state index is 11.6. The van der Waals surface area contributed by atoms with Gasteiger partial charge in [-0.3, -0.25) is 0 Å². The number of carboxylic acid groups (broad SMARTS) is 1. The van der Waals surface area contributed by atoms with E-state index in [0.717, 1.165) is 18.9 Å². The molecule has 1 atom stereocenters. The second kappa shape index (κ2) is 6.19. The number of carbonyl (C=O) groups excluding carboxylic acids is 1. The Morgan fingerprint density at radius 3 is 2.53 bits per heavy atom. The SMILES string of the molecule is CCc1ccccc1NC(=O)NCC(C)(O)C(=O)O. The minimum absolute atomic E-state index is 0.373. The number of urea groups is 1. The lowest BCUT2D eigenvalue weighted by Gasteiger charge is -2.18. The first-order valence-corrected chi connectivity index (χ1v) is 5.95. The average molecular weight is 266 g/mol. The zero-order valence-corrected chi connectivity index (χ0v) is 10.9. The highest BCUT2D eigenvalue weighted by atomic mass is 16.4. The normalized spacial score (nSPS) is 13.4. The van der Waals surface area contributed by atoms with Gasteiger partial charge in [-0.25, -0.2) is 9.59 Å². The molecular formula is C13H18N2O4. The minimum Gasteiger partial charge on any atom is -0.479 e. The van der Waals surface area contributed by atoms with E-state index in [-0.39, 0.29) is 6.54 Å². The predicted molar refractivity (Wildman–Crippen MR) is 71.1 cm³/mol. The van der Waals surface area contributed by atoms with Gasteiger partial charge in [0.1, 0.15) is 0 Å². The lowest BCUT2D eigenvalue weighted by molar-refractivity contribution is -0.155. The molecule has 1 aromatic carbocycles. The number of carbonyl (C=O) groups is 2. The summed E-state index contributed by atoms with van der Waals surface area (Å²) < 4.78 is 0. The summed E-state index contributed by atoms with van der Waals surface area (Å²) in [6.45, 7) is 2.71. The second-order valence-corrected chi connectivity index (χ2v) is 4.40. The smallest absolute Gasteiger partial charge is 0.337 e. The molecule has 0 saturated heterocycles. The molecule has 0 aliphatic rings. The van der Waals surface area contributed by atoms with Crippen LogP contribution >= 0.6 is 0 Å². The van der Waals surface area contributed by atoms with Crippen LogP contribution in [-0.4, -0.2) is 34.4 Å². The quantitative estimate of drug-likeness (QED) is 0.643. The molecule has 19 heavy (non-hydrogen) atoms. The number of anilines is 1. The molecule has 104 valence electrons. The maximum atomic E-state index is 11.6. The van der Waals surface area contributed by atoms with Crippen LogP contribution in [-0.2, 0) is 11.2 Å². The zero-order chi connectivity index (χ0) is 14.5. The first-order chi connectivity index (χ1) is 8.86. The molecule has 6 nitrogen and oxygen atoms in total. The summed E-state index contributed by atoms with van der Waals surface area (Å²) in [5, 5.41) is 23.1. The van der Waals surface area contributed by atoms with E-state index in [0.29, 0.717) is 5.69 Å². The molecule has 0 fully saturated rings. The van der Waals surface area contributed by atoms with Crippen molar-refractivity contribution >= 4 is 17.7 Å². The molecular weight excluding hydrogens is 248 g/mol. The molecule has 0 aliphatic heterocycles. The molecule has 0 heterocycles. The number of hydrogen-bond acceptors (Lipinski definition) is 3. The third kappa shape index (κ3) is 4.26. The van der Waals surface area contributed by atoms with Crippen molar-refractivity contribution in [3.05, 3.63) is 29.8 Å². The standard InChI is InChI=1S/C13H18N2O4/c1-3-9-6-4-5-7-10(9)15-12(18)14-8-13(2,19)11(16)17/h4-7,19H,3,8H2,1-2H3,(H,16,17)(H2,14,15,18). The van der Waals surface area contributed by atoms with E-state index in [2.05, 4.69) is 10.6 Å². The molecule has 0 spiro atoms. The molecule has 2 amide bonds. The van der Waals surface area contributed by atoms with Crippen molar-refractivity contribution in [3.63, 3.8) is 0 Å². The van der Waals surface area contributed by atoms with Gasteiger partial charge in [-0.05, 0) is 25.0 Å². The molecule has 1 aromatic rings.